The SMILES string of the molecule is Fc1ccc(-c2ccn3c2CNCC3)cc1. The molecule has 1 aliphatic heterocycles. The minimum absolute atomic E-state index is 0.185. The molecule has 2 heterocycles. The van der Waals surface area contributed by atoms with Crippen LogP contribution in [0.4, 0.5) is 4.39 Å². The van der Waals surface area contributed by atoms with Gasteiger partial charge >= 0.3 is 0 Å². The Bertz CT molecular complexity index is 499. The first kappa shape index (κ1) is 9.60. The van der Waals surface area contributed by atoms with Gasteiger partial charge < -0.3 is 9.88 Å². The van der Waals surface area contributed by atoms with E-state index in [1.165, 1.54) is 23.4 Å². The summed E-state index contributed by atoms with van der Waals surface area (Å²) in [5.74, 6) is -0.185. The number of aromatic nitrogens is 1. The first-order valence-electron chi connectivity index (χ1n) is 5.49. The number of rotatable bonds is 1. The van der Waals surface area contributed by atoms with Gasteiger partial charge in [0, 0.05) is 37.1 Å². The average Bonchev–Trinajstić information content (AvgIpc) is 2.74. The molecule has 1 aliphatic rings. The number of hydrogen-bond acceptors (Lipinski definition) is 1. The molecule has 2 nitrogen and oxygen atoms in total. The molecule has 0 atom stereocenters. The topological polar surface area (TPSA) is 17.0 Å². The van der Waals surface area contributed by atoms with Gasteiger partial charge in [0.2, 0.25) is 0 Å². The molecule has 3 rings (SSSR count). The van der Waals surface area contributed by atoms with E-state index in [2.05, 4.69) is 22.1 Å². The molecular weight excluding hydrogens is 203 g/mol. The molecule has 82 valence electrons. The zero-order chi connectivity index (χ0) is 11.0. The lowest BCUT2D eigenvalue weighted by Gasteiger charge is -2.18. The van der Waals surface area contributed by atoms with Crippen molar-refractivity contribution >= 4 is 0 Å². The normalized spacial score (nSPS) is 14.8. The Hall–Kier alpha value is -1.61. The van der Waals surface area contributed by atoms with Gasteiger partial charge in [0.1, 0.15) is 5.82 Å². The minimum Gasteiger partial charge on any atom is -0.348 e. The molecule has 3 heteroatoms. The summed E-state index contributed by atoms with van der Waals surface area (Å²) in [6.45, 7) is 2.92. The molecular formula is C13H13FN2. The Morgan fingerprint density at radius 3 is 2.75 bits per heavy atom. The molecule has 1 aromatic heterocycles. The van der Waals surface area contributed by atoms with E-state index in [9.17, 15) is 4.39 Å². The highest BCUT2D eigenvalue weighted by Crippen LogP contribution is 2.26. The summed E-state index contributed by atoms with van der Waals surface area (Å²) >= 11 is 0. The van der Waals surface area contributed by atoms with Gasteiger partial charge in [-0.25, -0.2) is 4.39 Å². The fourth-order valence-electron chi connectivity index (χ4n) is 2.21. The molecule has 0 saturated heterocycles. The van der Waals surface area contributed by atoms with Crippen LogP contribution in [0, 0.1) is 5.82 Å². The maximum atomic E-state index is 12.8. The lowest BCUT2D eigenvalue weighted by molar-refractivity contribution is 0.517. The van der Waals surface area contributed by atoms with Crippen LogP contribution in [0.5, 0.6) is 0 Å². The molecule has 2 aromatic rings. The number of nitrogens with zero attached hydrogens (tertiary/aromatic N) is 1. The third-order valence-electron chi connectivity index (χ3n) is 3.06. The van der Waals surface area contributed by atoms with E-state index in [0.29, 0.717) is 0 Å². The van der Waals surface area contributed by atoms with E-state index in [1.54, 1.807) is 0 Å². The Morgan fingerprint density at radius 1 is 1.12 bits per heavy atom. The minimum atomic E-state index is -0.185. The van der Waals surface area contributed by atoms with E-state index in [0.717, 1.165) is 25.2 Å². The van der Waals surface area contributed by atoms with Crippen molar-refractivity contribution in [1.82, 2.24) is 9.88 Å². The highest BCUT2D eigenvalue weighted by atomic mass is 19.1. The van der Waals surface area contributed by atoms with Crippen LogP contribution in [0.25, 0.3) is 11.1 Å². The van der Waals surface area contributed by atoms with E-state index in [4.69, 9.17) is 0 Å². The summed E-state index contributed by atoms with van der Waals surface area (Å²) in [5, 5.41) is 3.35. The summed E-state index contributed by atoms with van der Waals surface area (Å²) in [5.41, 5.74) is 3.57. The van der Waals surface area contributed by atoms with Crippen molar-refractivity contribution in [3.05, 3.63) is 48.0 Å². The second-order valence-electron chi connectivity index (χ2n) is 4.05. The van der Waals surface area contributed by atoms with Crippen LogP contribution in [0.1, 0.15) is 5.69 Å². The van der Waals surface area contributed by atoms with Gasteiger partial charge in [-0.2, -0.15) is 0 Å². The number of halogens is 1. The standard InChI is InChI=1S/C13H13FN2/c14-11-3-1-10(2-4-11)12-5-7-16-8-6-15-9-13(12)16/h1-5,7,15H,6,8-9H2. The van der Waals surface area contributed by atoms with Gasteiger partial charge in [0.05, 0.1) is 0 Å². The maximum Gasteiger partial charge on any atom is 0.123 e. The van der Waals surface area contributed by atoms with Crippen molar-refractivity contribution in [3.63, 3.8) is 0 Å². The number of fused-ring (bicyclic) bond motifs is 1. The molecule has 0 aliphatic carbocycles. The molecule has 1 N–H and O–H groups in total. The van der Waals surface area contributed by atoms with Gasteiger partial charge in [-0.05, 0) is 23.8 Å². The summed E-state index contributed by atoms with van der Waals surface area (Å²) in [6.07, 6.45) is 2.11. The van der Waals surface area contributed by atoms with Gasteiger partial charge in [-0.1, -0.05) is 12.1 Å². The lowest BCUT2D eigenvalue weighted by atomic mass is 10.1. The second-order valence-corrected chi connectivity index (χ2v) is 4.05. The molecule has 0 unspecified atom stereocenters. The third-order valence-corrected chi connectivity index (χ3v) is 3.06. The monoisotopic (exact) mass is 216 g/mol. The lowest BCUT2D eigenvalue weighted by Crippen LogP contribution is -2.27. The van der Waals surface area contributed by atoms with Crippen molar-refractivity contribution in [2.45, 2.75) is 13.1 Å². The van der Waals surface area contributed by atoms with E-state index in [-0.39, 0.29) is 5.82 Å². The fraction of sp³-hybridized carbons (Fsp3) is 0.231. The molecule has 0 amide bonds. The fourth-order valence-corrected chi connectivity index (χ4v) is 2.21. The molecule has 0 bridgehead atoms. The third kappa shape index (κ3) is 1.53. The highest BCUT2D eigenvalue weighted by Gasteiger charge is 2.13. The maximum absolute atomic E-state index is 12.8. The Kier molecular flexibility index (Phi) is 2.26. The van der Waals surface area contributed by atoms with Crippen molar-refractivity contribution in [1.29, 1.82) is 0 Å². The Morgan fingerprint density at radius 2 is 1.94 bits per heavy atom. The summed E-state index contributed by atoms with van der Waals surface area (Å²) in [7, 11) is 0. The molecule has 0 fully saturated rings. The van der Waals surface area contributed by atoms with Crippen molar-refractivity contribution in [2.75, 3.05) is 6.54 Å². The average molecular weight is 216 g/mol. The van der Waals surface area contributed by atoms with Gasteiger partial charge in [-0.3, -0.25) is 0 Å². The summed E-state index contributed by atoms with van der Waals surface area (Å²) in [6, 6.07) is 8.79. The number of nitrogens with one attached hydrogen (secondary N) is 1. The van der Waals surface area contributed by atoms with Gasteiger partial charge in [-0.15, -0.1) is 0 Å². The summed E-state index contributed by atoms with van der Waals surface area (Å²) < 4.78 is 15.1. The van der Waals surface area contributed by atoms with Crippen LogP contribution < -0.4 is 5.32 Å². The zero-order valence-corrected chi connectivity index (χ0v) is 8.91. The van der Waals surface area contributed by atoms with E-state index < -0.39 is 0 Å². The predicted molar refractivity (Wildman–Crippen MR) is 61.5 cm³/mol. The molecule has 0 spiro atoms. The van der Waals surface area contributed by atoms with Gasteiger partial charge in [0.15, 0.2) is 0 Å². The van der Waals surface area contributed by atoms with Crippen LogP contribution in [0.2, 0.25) is 0 Å². The smallest absolute Gasteiger partial charge is 0.123 e. The largest absolute Gasteiger partial charge is 0.348 e. The van der Waals surface area contributed by atoms with Crippen molar-refractivity contribution in [2.24, 2.45) is 0 Å². The van der Waals surface area contributed by atoms with Crippen LogP contribution in [0.15, 0.2) is 36.5 Å². The summed E-state index contributed by atoms with van der Waals surface area (Å²) in [4.78, 5) is 0. The molecule has 0 saturated carbocycles. The zero-order valence-electron chi connectivity index (χ0n) is 8.91. The molecule has 0 radical (unpaired) electrons. The Balaban J connectivity index is 2.06. The number of benzene rings is 1. The van der Waals surface area contributed by atoms with Crippen LogP contribution in [-0.4, -0.2) is 11.1 Å². The molecule has 1 aromatic carbocycles. The van der Waals surface area contributed by atoms with E-state index in [1.807, 2.05) is 12.1 Å². The first-order valence-corrected chi connectivity index (χ1v) is 5.49. The number of hydrogen-bond donors (Lipinski definition) is 1. The van der Waals surface area contributed by atoms with Crippen LogP contribution >= 0.6 is 0 Å². The van der Waals surface area contributed by atoms with Crippen molar-refractivity contribution < 1.29 is 4.39 Å². The first-order chi connectivity index (χ1) is 7.84. The van der Waals surface area contributed by atoms with Gasteiger partial charge in [0.25, 0.3) is 0 Å². The quantitative estimate of drug-likeness (QED) is 0.774. The second kappa shape index (κ2) is 3.76. The van der Waals surface area contributed by atoms with Crippen LogP contribution in [-0.2, 0) is 13.1 Å². The van der Waals surface area contributed by atoms with E-state index >= 15 is 0 Å². The Labute approximate surface area is 93.7 Å². The molecule has 16 heavy (non-hydrogen) atoms. The highest BCUT2D eigenvalue weighted by molar-refractivity contribution is 5.66. The van der Waals surface area contributed by atoms with Crippen molar-refractivity contribution in [3.8, 4) is 11.1 Å². The predicted octanol–water partition coefficient (Wildman–Crippen LogP) is 2.40. The van der Waals surface area contributed by atoms with Crippen LogP contribution in [0.3, 0.4) is 0 Å².